The highest BCUT2D eigenvalue weighted by atomic mass is 16.3. The van der Waals surface area contributed by atoms with E-state index in [0.29, 0.717) is 5.89 Å². The minimum atomic E-state index is 0.266. The van der Waals surface area contributed by atoms with E-state index in [4.69, 9.17) is 4.42 Å². The molecule has 1 aromatic heterocycles. The van der Waals surface area contributed by atoms with Crippen LogP contribution in [0, 0.1) is 0 Å². The first-order chi connectivity index (χ1) is 10.8. The van der Waals surface area contributed by atoms with E-state index in [0.717, 1.165) is 27.6 Å². The van der Waals surface area contributed by atoms with Gasteiger partial charge in [0.25, 0.3) is 0 Å². The molecule has 22 heavy (non-hydrogen) atoms. The largest absolute Gasteiger partial charge is 0.508 e. The highest BCUT2D eigenvalue weighted by Crippen LogP contribution is 2.28. The Morgan fingerprint density at radius 2 is 1.55 bits per heavy atom. The number of rotatable bonds is 2. The van der Waals surface area contributed by atoms with Gasteiger partial charge in [-0.1, -0.05) is 42.5 Å². The molecule has 0 radical (unpaired) electrons. The van der Waals surface area contributed by atoms with Gasteiger partial charge in [-0.2, -0.15) is 0 Å². The number of oxazole rings is 1. The summed E-state index contributed by atoms with van der Waals surface area (Å²) in [7, 11) is 0. The van der Waals surface area contributed by atoms with Crippen molar-refractivity contribution >= 4 is 10.8 Å². The van der Waals surface area contributed by atoms with E-state index < -0.39 is 0 Å². The lowest BCUT2D eigenvalue weighted by molar-refractivity contribution is 0.476. The lowest BCUT2D eigenvalue weighted by Gasteiger charge is -2.01. The van der Waals surface area contributed by atoms with Crippen molar-refractivity contribution in [3.8, 4) is 28.5 Å². The molecule has 1 heterocycles. The number of aromatic nitrogens is 1. The van der Waals surface area contributed by atoms with Crippen LogP contribution in [0.5, 0.6) is 5.75 Å². The molecule has 0 saturated carbocycles. The Kier molecular flexibility index (Phi) is 2.90. The van der Waals surface area contributed by atoms with Crippen LogP contribution in [-0.4, -0.2) is 10.1 Å². The molecule has 0 atom stereocenters. The molecule has 0 aliphatic rings. The number of aromatic hydroxyl groups is 1. The lowest BCUT2D eigenvalue weighted by Crippen LogP contribution is -1.81. The summed E-state index contributed by atoms with van der Waals surface area (Å²) in [5, 5.41) is 11.5. The van der Waals surface area contributed by atoms with E-state index in [1.165, 1.54) is 0 Å². The van der Waals surface area contributed by atoms with Crippen LogP contribution in [0.2, 0.25) is 0 Å². The van der Waals surface area contributed by atoms with Crippen LogP contribution in [0.4, 0.5) is 0 Å². The highest BCUT2D eigenvalue weighted by molar-refractivity contribution is 5.87. The standard InChI is InChI=1S/C19H13NO2/c21-17-9-8-14-10-16(7-6-15(14)11-17)19-20-18(12-22-19)13-4-2-1-3-5-13/h1-12,21H. The van der Waals surface area contributed by atoms with Crippen LogP contribution < -0.4 is 0 Å². The molecular weight excluding hydrogens is 274 g/mol. The first-order valence-corrected chi connectivity index (χ1v) is 7.04. The molecule has 0 spiro atoms. The van der Waals surface area contributed by atoms with Crippen molar-refractivity contribution in [2.75, 3.05) is 0 Å². The van der Waals surface area contributed by atoms with Gasteiger partial charge in [0.05, 0.1) is 0 Å². The summed E-state index contributed by atoms with van der Waals surface area (Å²) in [5.74, 6) is 0.858. The lowest BCUT2D eigenvalue weighted by atomic mass is 10.1. The monoisotopic (exact) mass is 287 g/mol. The van der Waals surface area contributed by atoms with E-state index in [9.17, 15) is 5.11 Å². The van der Waals surface area contributed by atoms with Crippen molar-refractivity contribution in [1.82, 2.24) is 4.98 Å². The number of hydrogen-bond donors (Lipinski definition) is 1. The molecule has 0 fully saturated rings. The Labute approximate surface area is 127 Å². The fourth-order valence-electron chi connectivity index (χ4n) is 2.51. The Bertz CT molecular complexity index is 942. The van der Waals surface area contributed by atoms with Gasteiger partial charge in [0.2, 0.25) is 5.89 Å². The molecule has 4 rings (SSSR count). The van der Waals surface area contributed by atoms with Gasteiger partial charge in [0.1, 0.15) is 17.7 Å². The summed E-state index contributed by atoms with van der Waals surface area (Å²) in [6.07, 6.45) is 1.67. The van der Waals surface area contributed by atoms with Gasteiger partial charge in [-0.05, 0) is 35.0 Å². The third kappa shape index (κ3) is 2.23. The first-order valence-electron chi connectivity index (χ1n) is 7.04. The third-order valence-corrected chi connectivity index (χ3v) is 3.64. The zero-order valence-corrected chi connectivity index (χ0v) is 11.7. The molecule has 1 N–H and O–H groups in total. The van der Waals surface area contributed by atoms with Gasteiger partial charge in [-0.25, -0.2) is 4.98 Å². The van der Waals surface area contributed by atoms with Crippen LogP contribution in [0.15, 0.2) is 77.4 Å². The number of fused-ring (bicyclic) bond motifs is 1. The minimum absolute atomic E-state index is 0.266. The number of nitrogens with zero attached hydrogens (tertiary/aromatic N) is 1. The van der Waals surface area contributed by atoms with Crippen LogP contribution in [0.3, 0.4) is 0 Å². The second kappa shape index (κ2) is 5.04. The van der Waals surface area contributed by atoms with E-state index in [1.807, 2.05) is 54.6 Å². The van der Waals surface area contributed by atoms with Gasteiger partial charge in [0, 0.05) is 11.1 Å². The SMILES string of the molecule is Oc1ccc2cc(-c3nc(-c4ccccc4)co3)ccc2c1. The normalized spacial score (nSPS) is 10.9. The average molecular weight is 287 g/mol. The highest BCUT2D eigenvalue weighted by Gasteiger charge is 2.09. The minimum Gasteiger partial charge on any atom is -0.508 e. The summed E-state index contributed by atoms with van der Waals surface area (Å²) in [5.41, 5.74) is 2.77. The van der Waals surface area contributed by atoms with E-state index in [-0.39, 0.29) is 5.75 Å². The Hall–Kier alpha value is -3.07. The van der Waals surface area contributed by atoms with Gasteiger partial charge in [-0.3, -0.25) is 0 Å². The van der Waals surface area contributed by atoms with Crippen molar-refractivity contribution in [2.45, 2.75) is 0 Å². The first kappa shape index (κ1) is 12.7. The van der Waals surface area contributed by atoms with Crippen LogP contribution in [0.25, 0.3) is 33.5 Å². The van der Waals surface area contributed by atoms with Gasteiger partial charge < -0.3 is 9.52 Å². The van der Waals surface area contributed by atoms with Crippen molar-refractivity contribution in [3.05, 3.63) is 73.0 Å². The van der Waals surface area contributed by atoms with Crippen LogP contribution in [-0.2, 0) is 0 Å². The van der Waals surface area contributed by atoms with Crippen molar-refractivity contribution in [1.29, 1.82) is 0 Å². The van der Waals surface area contributed by atoms with E-state index >= 15 is 0 Å². The summed E-state index contributed by atoms with van der Waals surface area (Å²) in [6, 6.07) is 21.2. The molecule has 0 saturated heterocycles. The molecule has 0 amide bonds. The number of benzene rings is 3. The molecule has 3 aromatic carbocycles. The Morgan fingerprint density at radius 1 is 0.773 bits per heavy atom. The van der Waals surface area contributed by atoms with Crippen LogP contribution in [0.1, 0.15) is 0 Å². The number of phenols is 1. The van der Waals surface area contributed by atoms with Crippen molar-refractivity contribution < 1.29 is 9.52 Å². The van der Waals surface area contributed by atoms with Gasteiger partial charge in [0.15, 0.2) is 0 Å². The fraction of sp³-hybridized carbons (Fsp3) is 0. The summed E-state index contributed by atoms with van der Waals surface area (Å²) < 4.78 is 5.62. The van der Waals surface area contributed by atoms with Crippen LogP contribution >= 0.6 is 0 Å². The molecule has 3 heteroatoms. The maximum Gasteiger partial charge on any atom is 0.226 e. The zero-order chi connectivity index (χ0) is 14.9. The second-order valence-corrected chi connectivity index (χ2v) is 5.15. The van der Waals surface area contributed by atoms with E-state index in [1.54, 1.807) is 18.4 Å². The second-order valence-electron chi connectivity index (χ2n) is 5.15. The maximum absolute atomic E-state index is 9.52. The maximum atomic E-state index is 9.52. The molecular formula is C19H13NO2. The Balaban J connectivity index is 1.76. The molecule has 0 unspecified atom stereocenters. The number of hydrogen-bond acceptors (Lipinski definition) is 3. The topological polar surface area (TPSA) is 46.3 Å². The summed E-state index contributed by atoms with van der Waals surface area (Å²) in [4.78, 5) is 4.56. The predicted octanol–water partition coefficient (Wildman–Crippen LogP) is 4.87. The van der Waals surface area contributed by atoms with Crippen molar-refractivity contribution in [3.63, 3.8) is 0 Å². The predicted molar refractivity (Wildman–Crippen MR) is 86.5 cm³/mol. The summed E-state index contributed by atoms with van der Waals surface area (Å²) in [6.45, 7) is 0. The third-order valence-electron chi connectivity index (χ3n) is 3.64. The molecule has 4 aromatic rings. The van der Waals surface area contributed by atoms with Gasteiger partial charge >= 0.3 is 0 Å². The zero-order valence-electron chi connectivity index (χ0n) is 11.7. The average Bonchev–Trinajstić information content (AvgIpc) is 3.05. The van der Waals surface area contributed by atoms with E-state index in [2.05, 4.69) is 4.98 Å². The Morgan fingerprint density at radius 3 is 2.41 bits per heavy atom. The number of phenolic OH excluding ortho intramolecular Hbond substituents is 1. The smallest absolute Gasteiger partial charge is 0.226 e. The van der Waals surface area contributed by atoms with Gasteiger partial charge in [-0.15, -0.1) is 0 Å². The quantitative estimate of drug-likeness (QED) is 0.572. The molecule has 106 valence electrons. The molecule has 3 nitrogen and oxygen atoms in total. The van der Waals surface area contributed by atoms with Crippen molar-refractivity contribution in [2.24, 2.45) is 0 Å². The fourth-order valence-corrected chi connectivity index (χ4v) is 2.51. The summed E-state index contributed by atoms with van der Waals surface area (Å²) >= 11 is 0. The molecule has 0 bridgehead atoms. The molecule has 0 aliphatic carbocycles. The molecule has 0 aliphatic heterocycles.